The highest BCUT2D eigenvalue weighted by Crippen LogP contribution is 2.21. The predicted octanol–water partition coefficient (Wildman–Crippen LogP) is 2.45. The summed E-state index contributed by atoms with van der Waals surface area (Å²) in [7, 11) is 1.79. The van der Waals surface area contributed by atoms with Gasteiger partial charge in [-0.15, -0.1) is 11.3 Å². The normalized spacial score (nSPS) is 12.9. The van der Waals surface area contributed by atoms with Gasteiger partial charge in [-0.2, -0.15) is 0 Å². The van der Waals surface area contributed by atoms with E-state index in [1.54, 1.807) is 23.3 Å². The maximum Gasteiger partial charge on any atom is 0.239 e. The van der Waals surface area contributed by atoms with Crippen LogP contribution in [0, 0.1) is 5.92 Å². The number of rotatable bonds is 4. The fraction of sp³-hybridized carbons (Fsp3) is 0.545. The number of hydrogen-bond donors (Lipinski definition) is 1. The largest absolute Gasteiger partial charge is 0.340 e. The second-order valence-corrected chi connectivity index (χ2v) is 6.51. The van der Waals surface area contributed by atoms with E-state index < -0.39 is 6.04 Å². The number of nitrogens with zero attached hydrogens (tertiary/aromatic N) is 1. The summed E-state index contributed by atoms with van der Waals surface area (Å²) in [5.74, 6) is 0.168. The number of hydrogen-bond acceptors (Lipinski definition) is 3. The first-order valence-corrected chi connectivity index (χ1v) is 6.82. The van der Waals surface area contributed by atoms with Crippen LogP contribution in [0.4, 0.5) is 0 Å². The topological polar surface area (TPSA) is 46.3 Å². The average molecular weight is 305 g/mol. The molecule has 16 heavy (non-hydrogen) atoms. The molecule has 0 spiro atoms. The van der Waals surface area contributed by atoms with Gasteiger partial charge < -0.3 is 10.6 Å². The Kier molecular flexibility index (Phi) is 4.95. The molecule has 0 aliphatic heterocycles. The van der Waals surface area contributed by atoms with Crippen molar-refractivity contribution < 1.29 is 4.79 Å². The molecule has 0 aliphatic carbocycles. The number of halogens is 1. The molecule has 2 N–H and O–H groups in total. The van der Waals surface area contributed by atoms with E-state index in [2.05, 4.69) is 15.9 Å². The lowest BCUT2D eigenvalue weighted by molar-refractivity contribution is -0.132. The van der Waals surface area contributed by atoms with E-state index in [9.17, 15) is 4.79 Å². The molecule has 0 aromatic carbocycles. The third-order valence-corrected chi connectivity index (χ3v) is 3.97. The van der Waals surface area contributed by atoms with E-state index in [-0.39, 0.29) is 11.8 Å². The van der Waals surface area contributed by atoms with Crippen LogP contribution in [0.5, 0.6) is 0 Å². The molecule has 1 heterocycles. The van der Waals surface area contributed by atoms with Crippen molar-refractivity contribution in [2.75, 3.05) is 7.05 Å². The van der Waals surface area contributed by atoms with Gasteiger partial charge in [0.05, 0.1) is 9.83 Å². The van der Waals surface area contributed by atoms with E-state index in [1.165, 1.54) is 0 Å². The number of thiophene rings is 1. The van der Waals surface area contributed by atoms with Gasteiger partial charge in [-0.25, -0.2) is 0 Å². The van der Waals surface area contributed by atoms with E-state index in [4.69, 9.17) is 5.73 Å². The number of carbonyl (C=O) groups is 1. The third kappa shape index (κ3) is 3.57. The highest BCUT2D eigenvalue weighted by atomic mass is 79.9. The van der Waals surface area contributed by atoms with Crippen molar-refractivity contribution in [2.24, 2.45) is 11.7 Å². The van der Waals surface area contributed by atoms with Crippen molar-refractivity contribution in [1.29, 1.82) is 0 Å². The molecule has 0 unspecified atom stereocenters. The monoisotopic (exact) mass is 304 g/mol. The first-order chi connectivity index (χ1) is 7.41. The van der Waals surface area contributed by atoms with Gasteiger partial charge in [0, 0.05) is 13.6 Å². The van der Waals surface area contributed by atoms with Gasteiger partial charge in [-0.3, -0.25) is 4.79 Å². The second-order valence-electron chi connectivity index (χ2n) is 4.22. The van der Waals surface area contributed by atoms with Crippen LogP contribution in [0.2, 0.25) is 0 Å². The van der Waals surface area contributed by atoms with Crippen molar-refractivity contribution in [3.8, 4) is 0 Å². The standard InChI is InChI=1S/C11H17BrN2OS/c1-7(2)10(13)11(15)14(3)5-8-4-9(12)16-6-8/h4,6-7,10H,5,13H2,1-3H3/t10-/m0/s1. The molecule has 0 saturated heterocycles. The van der Waals surface area contributed by atoms with Gasteiger partial charge in [-0.05, 0) is 38.9 Å². The molecule has 1 amide bonds. The van der Waals surface area contributed by atoms with Gasteiger partial charge in [-0.1, -0.05) is 13.8 Å². The third-order valence-electron chi connectivity index (χ3n) is 2.42. The van der Waals surface area contributed by atoms with Crippen LogP contribution in [0.1, 0.15) is 19.4 Å². The summed E-state index contributed by atoms with van der Waals surface area (Å²) in [5, 5.41) is 2.04. The van der Waals surface area contributed by atoms with E-state index >= 15 is 0 Å². The first kappa shape index (κ1) is 13.7. The molecule has 0 saturated carbocycles. The molecule has 0 bridgehead atoms. The van der Waals surface area contributed by atoms with E-state index in [0.29, 0.717) is 6.54 Å². The van der Waals surface area contributed by atoms with Gasteiger partial charge in [0.1, 0.15) is 0 Å². The van der Waals surface area contributed by atoms with Crippen LogP contribution in [0.15, 0.2) is 15.2 Å². The minimum absolute atomic E-state index is 0.00248. The summed E-state index contributed by atoms with van der Waals surface area (Å²) in [6, 6.07) is 1.61. The smallest absolute Gasteiger partial charge is 0.239 e. The van der Waals surface area contributed by atoms with Crippen LogP contribution in [-0.4, -0.2) is 23.9 Å². The van der Waals surface area contributed by atoms with E-state index in [1.807, 2.05) is 25.3 Å². The summed E-state index contributed by atoms with van der Waals surface area (Å²) in [6.45, 7) is 4.52. The Morgan fingerprint density at radius 2 is 2.25 bits per heavy atom. The van der Waals surface area contributed by atoms with Crippen LogP contribution in [-0.2, 0) is 11.3 Å². The summed E-state index contributed by atoms with van der Waals surface area (Å²) in [6.07, 6.45) is 0. The minimum Gasteiger partial charge on any atom is -0.340 e. The van der Waals surface area contributed by atoms with Crippen molar-refractivity contribution in [3.63, 3.8) is 0 Å². The highest BCUT2D eigenvalue weighted by Gasteiger charge is 2.21. The highest BCUT2D eigenvalue weighted by molar-refractivity contribution is 9.11. The Bertz CT molecular complexity index is 365. The Balaban J connectivity index is 2.58. The Morgan fingerprint density at radius 1 is 1.62 bits per heavy atom. The molecule has 90 valence electrons. The second kappa shape index (κ2) is 5.80. The molecular weight excluding hydrogens is 288 g/mol. The van der Waals surface area contributed by atoms with Crippen molar-refractivity contribution in [1.82, 2.24) is 4.90 Å². The zero-order chi connectivity index (χ0) is 12.3. The van der Waals surface area contributed by atoms with Crippen LogP contribution in [0.3, 0.4) is 0 Å². The Morgan fingerprint density at radius 3 is 2.69 bits per heavy atom. The van der Waals surface area contributed by atoms with Crippen molar-refractivity contribution in [2.45, 2.75) is 26.4 Å². The molecular formula is C11H17BrN2OS. The molecule has 0 radical (unpaired) electrons. The Hall–Kier alpha value is -0.390. The predicted molar refractivity (Wildman–Crippen MR) is 71.3 cm³/mol. The minimum atomic E-state index is -0.410. The lowest BCUT2D eigenvalue weighted by Gasteiger charge is -2.23. The molecule has 1 rings (SSSR count). The lowest BCUT2D eigenvalue weighted by atomic mass is 10.0. The zero-order valence-electron chi connectivity index (χ0n) is 9.74. The molecule has 1 atom stereocenters. The summed E-state index contributed by atoms with van der Waals surface area (Å²) < 4.78 is 1.08. The quantitative estimate of drug-likeness (QED) is 0.929. The fourth-order valence-corrected chi connectivity index (χ4v) is 2.52. The number of carbonyl (C=O) groups excluding carboxylic acids is 1. The molecule has 3 nitrogen and oxygen atoms in total. The molecule has 0 fully saturated rings. The zero-order valence-corrected chi connectivity index (χ0v) is 12.1. The van der Waals surface area contributed by atoms with Crippen LogP contribution >= 0.6 is 27.3 Å². The maximum atomic E-state index is 11.9. The average Bonchev–Trinajstić information content (AvgIpc) is 2.61. The molecule has 5 heteroatoms. The lowest BCUT2D eigenvalue weighted by Crippen LogP contribution is -2.44. The van der Waals surface area contributed by atoms with Crippen molar-refractivity contribution in [3.05, 3.63) is 20.8 Å². The summed E-state index contributed by atoms with van der Waals surface area (Å²) in [5.41, 5.74) is 6.95. The molecule has 0 aliphatic rings. The summed E-state index contributed by atoms with van der Waals surface area (Å²) >= 11 is 5.02. The van der Waals surface area contributed by atoms with Gasteiger partial charge in [0.2, 0.25) is 5.91 Å². The molecule has 1 aromatic rings. The first-order valence-electron chi connectivity index (χ1n) is 5.15. The van der Waals surface area contributed by atoms with Gasteiger partial charge in [0.15, 0.2) is 0 Å². The molecule has 1 aromatic heterocycles. The van der Waals surface area contributed by atoms with Crippen LogP contribution in [0.25, 0.3) is 0 Å². The van der Waals surface area contributed by atoms with Crippen LogP contribution < -0.4 is 5.73 Å². The van der Waals surface area contributed by atoms with E-state index in [0.717, 1.165) is 9.35 Å². The van der Waals surface area contributed by atoms with Crippen molar-refractivity contribution >= 4 is 33.2 Å². The Labute approximate surface area is 109 Å². The summed E-state index contributed by atoms with van der Waals surface area (Å²) in [4.78, 5) is 13.6. The number of amides is 1. The van der Waals surface area contributed by atoms with Gasteiger partial charge in [0.25, 0.3) is 0 Å². The number of nitrogens with two attached hydrogens (primary N) is 1. The fourth-order valence-electron chi connectivity index (χ4n) is 1.32. The SMILES string of the molecule is CC(C)[C@H](N)C(=O)N(C)Cc1csc(Br)c1. The van der Waals surface area contributed by atoms with Gasteiger partial charge >= 0.3 is 0 Å². The number of likely N-dealkylation sites (N-methyl/N-ethyl adjacent to an activating group) is 1. The maximum absolute atomic E-state index is 11.9.